The zero-order chi connectivity index (χ0) is 13.5. The van der Waals surface area contributed by atoms with Gasteiger partial charge in [0.15, 0.2) is 5.65 Å². The van der Waals surface area contributed by atoms with Crippen LogP contribution in [0.3, 0.4) is 0 Å². The number of hydrogen-bond acceptors (Lipinski definition) is 4. The van der Waals surface area contributed by atoms with Gasteiger partial charge in [0.2, 0.25) is 0 Å². The van der Waals surface area contributed by atoms with Crippen molar-refractivity contribution >= 4 is 17.0 Å². The van der Waals surface area contributed by atoms with Crippen LogP contribution in [0.1, 0.15) is 46.0 Å². The molecule has 1 atom stereocenters. The highest BCUT2D eigenvalue weighted by atomic mass is 15.0. The minimum absolute atomic E-state index is 0.443. The first-order chi connectivity index (χ1) is 9.29. The molecule has 0 saturated carbocycles. The van der Waals surface area contributed by atoms with Crippen molar-refractivity contribution < 1.29 is 0 Å². The van der Waals surface area contributed by atoms with Gasteiger partial charge in [-0.25, -0.2) is 9.97 Å². The third-order valence-corrected chi connectivity index (χ3v) is 3.22. The lowest BCUT2D eigenvalue weighted by Gasteiger charge is -2.14. The highest BCUT2D eigenvalue weighted by molar-refractivity contribution is 5.71. The number of hydrogen-bond donors (Lipinski definition) is 1. The molecule has 0 radical (unpaired) electrons. The molecule has 4 nitrogen and oxygen atoms in total. The predicted molar refractivity (Wildman–Crippen MR) is 79.2 cm³/mol. The van der Waals surface area contributed by atoms with Crippen LogP contribution in [-0.4, -0.2) is 21.0 Å². The third-order valence-electron chi connectivity index (χ3n) is 3.22. The Labute approximate surface area is 114 Å². The summed E-state index contributed by atoms with van der Waals surface area (Å²) < 4.78 is 0. The van der Waals surface area contributed by atoms with Gasteiger partial charge in [-0.3, -0.25) is 4.98 Å². The summed E-state index contributed by atoms with van der Waals surface area (Å²) >= 11 is 0. The van der Waals surface area contributed by atoms with E-state index < -0.39 is 0 Å². The van der Waals surface area contributed by atoms with Gasteiger partial charge in [-0.15, -0.1) is 0 Å². The van der Waals surface area contributed by atoms with Crippen LogP contribution in [0, 0.1) is 0 Å². The first-order valence-corrected chi connectivity index (χ1v) is 7.14. The number of unbranched alkanes of at least 4 members (excludes halogenated alkanes) is 3. The van der Waals surface area contributed by atoms with E-state index in [-0.39, 0.29) is 0 Å². The molecule has 19 heavy (non-hydrogen) atoms. The Kier molecular flexibility index (Phi) is 5.07. The van der Waals surface area contributed by atoms with Gasteiger partial charge in [-0.1, -0.05) is 32.6 Å². The summed E-state index contributed by atoms with van der Waals surface area (Å²) in [4.78, 5) is 12.9. The molecule has 2 aromatic heterocycles. The standard InChI is InChI=1S/C15H22N4/c1-3-4-5-6-7-12(2)18-14-9-8-13-15(19-14)17-11-10-16-13/h8-12H,3-7H2,1-2H3,(H,17,18,19). The molecule has 102 valence electrons. The first-order valence-electron chi connectivity index (χ1n) is 7.14. The molecule has 0 amide bonds. The molecular formula is C15H22N4. The van der Waals surface area contributed by atoms with Crippen molar-refractivity contribution in [1.29, 1.82) is 0 Å². The largest absolute Gasteiger partial charge is 0.368 e. The fraction of sp³-hybridized carbons (Fsp3) is 0.533. The van der Waals surface area contributed by atoms with Gasteiger partial charge in [-0.2, -0.15) is 0 Å². The molecule has 0 bridgehead atoms. The van der Waals surface area contributed by atoms with E-state index in [1.807, 2.05) is 12.1 Å². The van der Waals surface area contributed by atoms with Crippen LogP contribution in [0.15, 0.2) is 24.5 Å². The zero-order valence-corrected chi connectivity index (χ0v) is 11.8. The molecule has 0 saturated heterocycles. The van der Waals surface area contributed by atoms with Gasteiger partial charge in [0, 0.05) is 18.4 Å². The van der Waals surface area contributed by atoms with Crippen molar-refractivity contribution in [2.75, 3.05) is 5.32 Å². The maximum atomic E-state index is 4.47. The third kappa shape index (κ3) is 4.16. The molecule has 0 aliphatic rings. The van der Waals surface area contributed by atoms with Crippen molar-refractivity contribution in [2.45, 2.75) is 52.0 Å². The number of aromatic nitrogens is 3. The van der Waals surface area contributed by atoms with Crippen molar-refractivity contribution in [3.63, 3.8) is 0 Å². The second kappa shape index (κ2) is 7.02. The van der Waals surface area contributed by atoms with Crippen molar-refractivity contribution in [2.24, 2.45) is 0 Å². The van der Waals surface area contributed by atoms with Gasteiger partial charge < -0.3 is 5.32 Å². The van der Waals surface area contributed by atoms with E-state index in [2.05, 4.69) is 34.1 Å². The van der Waals surface area contributed by atoms with Crippen LogP contribution in [0.2, 0.25) is 0 Å². The average molecular weight is 258 g/mol. The lowest BCUT2D eigenvalue weighted by Crippen LogP contribution is -2.15. The number of nitrogens with one attached hydrogen (secondary N) is 1. The smallest absolute Gasteiger partial charge is 0.180 e. The first kappa shape index (κ1) is 13.7. The Morgan fingerprint density at radius 3 is 2.79 bits per heavy atom. The van der Waals surface area contributed by atoms with Crippen LogP contribution in [0.5, 0.6) is 0 Å². The van der Waals surface area contributed by atoms with Gasteiger partial charge in [0.1, 0.15) is 11.3 Å². The molecule has 0 aromatic carbocycles. The summed E-state index contributed by atoms with van der Waals surface area (Å²) in [5, 5.41) is 3.43. The Morgan fingerprint density at radius 1 is 1.11 bits per heavy atom. The van der Waals surface area contributed by atoms with Crippen LogP contribution in [0.25, 0.3) is 11.2 Å². The molecule has 2 aromatic rings. The van der Waals surface area contributed by atoms with Crippen LogP contribution in [0.4, 0.5) is 5.82 Å². The van der Waals surface area contributed by atoms with Gasteiger partial charge in [0.25, 0.3) is 0 Å². The lowest BCUT2D eigenvalue weighted by atomic mass is 10.1. The van der Waals surface area contributed by atoms with E-state index in [1.54, 1.807) is 12.4 Å². The van der Waals surface area contributed by atoms with Crippen LogP contribution >= 0.6 is 0 Å². The van der Waals surface area contributed by atoms with E-state index >= 15 is 0 Å². The van der Waals surface area contributed by atoms with Crippen molar-refractivity contribution in [3.05, 3.63) is 24.5 Å². The summed E-state index contributed by atoms with van der Waals surface area (Å²) in [5.74, 6) is 0.885. The molecular weight excluding hydrogens is 236 g/mol. The molecule has 0 spiro atoms. The Bertz CT molecular complexity index is 512. The average Bonchev–Trinajstić information content (AvgIpc) is 2.43. The summed E-state index contributed by atoms with van der Waals surface area (Å²) in [5.41, 5.74) is 1.54. The van der Waals surface area contributed by atoms with Crippen molar-refractivity contribution in [3.8, 4) is 0 Å². The number of pyridine rings is 1. The monoisotopic (exact) mass is 258 g/mol. The van der Waals surface area contributed by atoms with E-state index in [4.69, 9.17) is 0 Å². The summed E-state index contributed by atoms with van der Waals surface area (Å²) in [6.07, 6.45) is 9.75. The maximum absolute atomic E-state index is 4.47. The van der Waals surface area contributed by atoms with Gasteiger partial charge in [-0.05, 0) is 25.5 Å². The Hall–Kier alpha value is -1.71. The number of rotatable bonds is 7. The quantitative estimate of drug-likeness (QED) is 0.767. The van der Waals surface area contributed by atoms with Crippen molar-refractivity contribution in [1.82, 2.24) is 15.0 Å². The normalized spacial score (nSPS) is 12.5. The van der Waals surface area contributed by atoms with E-state index in [9.17, 15) is 0 Å². The molecule has 2 rings (SSSR count). The van der Waals surface area contributed by atoms with E-state index in [1.165, 1.54) is 32.1 Å². The predicted octanol–water partition coefficient (Wildman–Crippen LogP) is 3.80. The fourth-order valence-electron chi connectivity index (χ4n) is 2.14. The van der Waals surface area contributed by atoms with Crippen LogP contribution < -0.4 is 5.32 Å². The van der Waals surface area contributed by atoms with Gasteiger partial charge >= 0.3 is 0 Å². The molecule has 0 fully saturated rings. The number of fused-ring (bicyclic) bond motifs is 1. The Balaban J connectivity index is 1.89. The van der Waals surface area contributed by atoms with E-state index in [0.717, 1.165) is 11.3 Å². The topological polar surface area (TPSA) is 50.7 Å². The summed E-state index contributed by atoms with van der Waals surface area (Å²) in [6.45, 7) is 4.44. The second-order valence-electron chi connectivity index (χ2n) is 4.99. The fourth-order valence-corrected chi connectivity index (χ4v) is 2.14. The highest BCUT2D eigenvalue weighted by Crippen LogP contribution is 2.13. The summed E-state index contributed by atoms with van der Waals surface area (Å²) in [6, 6.07) is 4.37. The van der Waals surface area contributed by atoms with Gasteiger partial charge in [0.05, 0.1) is 0 Å². The Morgan fingerprint density at radius 2 is 1.95 bits per heavy atom. The minimum atomic E-state index is 0.443. The zero-order valence-electron chi connectivity index (χ0n) is 11.8. The highest BCUT2D eigenvalue weighted by Gasteiger charge is 2.04. The lowest BCUT2D eigenvalue weighted by molar-refractivity contribution is 0.593. The maximum Gasteiger partial charge on any atom is 0.180 e. The SMILES string of the molecule is CCCCCCC(C)Nc1ccc2nccnc2n1. The van der Waals surface area contributed by atoms with Crippen LogP contribution in [-0.2, 0) is 0 Å². The second-order valence-corrected chi connectivity index (χ2v) is 4.99. The molecule has 0 aliphatic carbocycles. The molecule has 0 aliphatic heterocycles. The number of nitrogens with zero attached hydrogens (tertiary/aromatic N) is 3. The van der Waals surface area contributed by atoms with E-state index in [0.29, 0.717) is 11.7 Å². The molecule has 1 unspecified atom stereocenters. The molecule has 4 heteroatoms. The molecule has 1 N–H and O–H groups in total. The molecule has 2 heterocycles. The number of anilines is 1. The summed E-state index contributed by atoms with van der Waals surface area (Å²) in [7, 11) is 0. The minimum Gasteiger partial charge on any atom is -0.368 e.